The normalized spacial score (nSPS) is 18.8. The number of halogens is 3. The van der Waals surface area contributed by atoms with E-state index in [1.807, 2.05) is 4.90 Å². The van der Waals surface area contributed by atoms with Gasteiger partial charge in [0.1, 0.15) is 11.5 Å². The minimum atomic E-state index is -4.20. The van der Waals surface area contributed by atoms with Crippen LogP contribution >= 0.6 is 0 Å². The predicted molar refractivity (Wildman–Crippen MR) is 89.2 cm³/mol. The Morgan fingerprint density at radius 3 is 2.35 bits per heavy atom. The summed E-state index contributed by atoms with van der Waals surface area (Å²) in [5, 5.41) is 10.2. The van der Waals surface area contributed by atoms with Gasteiger partial charge in [-0.05, 0) is 31.6 Å². The Morgan fingerprint density at radius 1 is 1.15 bits per heavy atom. The number of Topliss-reactive ketones (excluding diaryl/α,β-unsaturated/α-hetero) is 1. The number of allylic oxidation sites excluding steroid dienone is 2. The summed E-state index contributed by atoms with van der Waals surface area (Å²) in [5.74, 6) is 0.422. The molecule has 0 unspecified atom stereocenters. The Balaban J connectivity index is 1.73. The van der Waals surface area contributed by atoms with E-state index in [1.165, 1.54) is 17.0 Å². The van der Waals surface area contributed by atoms with Crippen molar-refractivity contribution < 1.29 is 27.8 Å². The first kappa shape index (κ1) is 18.7. The molecule has 1 saturated heterocycles. The molecular formula is C18H21F3N2O3. The van der Waals surface area contributed by atoms with Crippen LogP contribution in [0, 0.1) is 0 Å². The number of rotatable bonds is 3. The second kappa shape index (κ2) is 6.92. The van der Waals surface area contributed by atoms with Gasteiger partial charge < -0.3 is 9.84 Å². The van der Waals surface area contributed by atoms with Crippen LogP contribution in [-0.2, 0) is 6.54 Å². The minimum Gasteiger partial charge on any atom is -0.507 e. The largest absolute Gasteiger partial charge is 0.507 e. The fraction of sp³-hybridized carbons (Fsp3) is 0.500. The Hall–Kier alpha value is -2.06. The van der Waals surface area contributed by atoms with Crippen molar-refractivity contribution in [2.24, 2.45) is 0 Å². The first-order chi connectivity index (χ1) is 12.2. The van der Waals surface area contributed by atoms with Crippen molar-refractivity contribution in [3.63, 3.8) is 0 Å². The number of ether oxygens (including phenoxy) is 1. The molecule has 0 amide bonds. The van der Waals surface area contributed by atoms with Crippen LogP contribution in [0.25, 0.3) is 0 Å². The maximum absolute atomic E-state index is 12.5. The quantitative estimate of drug-likeness (QED) is 0.830. The number of ketones is 1. The molecule has 2 heterocycles. The topological polar surface area (TPSA) is 53.0 Å². The highest BCUT2D eigenvalue weighted by Crippen LogP contribution is 2.40. The Labute approximate surface area is 149 Å². The van der Waals surface area contributed by atoms with E-state index < -0.39 is 12.7 Å². The number of piperazine rings is 1. The average molecular weight is 370 g/mol. The van der Waals surface area contributed by atoms with Gasteiger partial charge in [0.25, 0.3) is 0 Å². The first-order valence-corrected chi connectivity index (χ1v) is 8.42. The van der Waals surface area contributed by atoms with E-state index in [2.05, 4.69) is 0 Å². The van der Waals surface area contributed by atoms with Gasteiger partial charge in [-0.3, -0.25) is 14.6 Å². The summed E-state index contributed by atoms with van der Waals surface area (Å²) in [6.45, 7) is 4.46. The lowest BCUT2D eigenvalue weighted by Crippen LogP contribution is -2.48. The fourth-order valence-corrected chi connectivity index (χ4v) is 3.25. The molecule has 142 valence electrons. The van der Waals surface area contributed by atoms with Crippen LogP contribution in [0.5, 0.6) is 11.5 Å². The predicted octanol–water partition coefficient (Wildman–Crippen LogP) is 2.94. The molecule has 0 aromatic heterocycles. The molecule has 1 fully saturated rings. The van der Waals surface area contributed by atoms with Gasteiger partial charge in [-0.25, -0.2) is 0 Å². The second-order valence-corrected chi connectivity index (χ2v) is 6.87. The smallest absolute Gasteiger partial charge is 0.401 e. The molecule has 1 aromatic carbocycles. The van der Waals surface area contributed by atoms with Crippen LogP contribution in [-0.4, -0.2) is 59.6 Å². The van der Waals surface area contributed by atoms with Crippen molar-refractivity contribution in [2.75, 3.05) is 32.7 Å². The zero-order chi connectivity index (χ0) is 19.1. The summed E-state index contributed by atoms with van der Waals surface area (Å²) in [6.07, 6.45) is -4.20. The fourth-order valence-electron chi connectivity index (χ4n) is 3.25. The lowest BCUT2D eigenvalue weighted by atomic mass is 10.0. The monoisotopic (exact) mass is 370 g/mol. The summed E-state index contributed by atoms with van der Waals surface area (Å²) >= 11 is 0. The number of fused-ring (bicyclic) bond motifs is 1. The van der Waals surface area contributed by atoms with Gasteiger partial charge in [0.15, 0.2) is 5.76 Å². The van der Waals surface area contributed by atoms with Crippen molar-refractivity contribution >= 4 is 5.78 Å². The molecule has 2 aliphatic heterocycles. The molecule has 0 atom stereocenters. The third-order valence-electron chi connectivity index (χ3n) is 4.59. The van der Waals surface area contributed by atoms with E-state index in [0.29, 0.717) is 49.6 Å². The standard InChI is InChI=1S/C18H21F3N2O3/c1-11(2)16-15(25)12-3-4-14(24)13(17(12)26-16)9-22-5-7-23(8-6-22)10-18(19,20)21/h3-4,24H,5-10H2,1-2H3. The minimum absolute atomic E-state index is 0.0178. The van der Waals surface area contributed by atoms with Gasteiger partial charge in [-0.2, -0.15) is 13.2 Å². The van der Waals surface area contributed by atoms with Gasteiger partial charge >= 0.3 is 6.18 Å². The summed E-state index contributed by atoms with van der Waals surface area (Å²) in [5.41, 5.74) is 1.65. The molecule has 5 nitrogen and oxygen atoms in total. The highest BCUT2D eigenvalue weighted by Gasteiger charge is 2.34. The number of carbonyl (C=O) groups excluding carboxylic acids is 1. The van der Waals surface area contributed by atoms with Gasteiger partial charge in [0.2, 0.25) is 5.78 Å². The highest BCUT2D eigenvalue weighted by molar-refractivity contribution is 6.13. The molecule has 2 aliphatic rings. The number of hydrogen-bond acceptors (Lipinski definition) is 5. The lowest BCUT2D eigenvalue weighted by molar-refractivity contribution is -0.149. The summed E-state index contributed by atoms with van der Waals surface area (Å²) in [4.78, 5) is 15.7. The van der Waals surface area contributed by atoms with E-state index in [1.54, 1.807) is 13.8 Å². The zero-order valence-electron chi connectivity index (χ0n) is 14.7. The number of carbonyl (C=O) groups is 1. The Bertz CT molecular complexity index is 747. The van der Waals surface area contributed by atoms with Crippen LogP contribution in [0.4, 0.5) is 13.2 Å². The average Bonchev–Trinajstić information content (AvgIpc) is 2.88. The molecule has 3 rings (SSSR count). The maximum atomic E-state index is 12.5. The first-order valence-electron chi connectivity index (χ1n) is 8.42. The molecule has 1 N–H and O–H groups in total. The molecule has 0 bridgehead atoms. The number of aromatic hydroxyl groups is 1. The number of hydrogen-bond donors (Lipinski definition) is 1. The Kier molecular flexibility index (Phi) is 4.98. The molecule has 0 spiro atoms. The highest BCUT2D eigenvalue weighted by atomic mass is 19.4. The molecule has 0 aliphatic carbocycles. The van der Waals surface area contributed by atoms with E-state index in [0.717, 1.165) is 5.57 Å². The molecule has 0 saturated carbocycles. The van der Waals surface area contributed by atoms with Crippen LogP contribution in [0.2, 0.25) is 0 Å². The summed E-state index contributed by atoms with van der Waals surface area (Å²) in [6, 6.07) is 3.00. The number of alkyl halides is 3. The van der Waals surface area contributed by atoms with E-state index in [9.17, 15) is 23.1 Å². The molecule has 26 heavy (non-hydrogen) atoms. The lowest BCUT2D eigenvalue weighted by Gasteiger charge is -2.35. The maximum Gasteiger partial charge on any atom is 0.401 e. The summed E-state index contributed by atoms with van der Waals surface area (Å²) in [7, 11) is 0. The van der Waals surface area contributed by atoms with Crippen molar-refractivity contribution in [3.05, 3.63) is 34.6 Å². The zero-order valence-corrected chi connectivity index (χ0v) is 14.7. The third-order valence-corrected chi connectivity index (χ3v) is 4.59. The number of benzene rings is 1. The van der Waals surface area contributed by atoms with E-state index in [4.69, 9.17) is 4.74 Å². The third kappa shape index (κ3) is 3.86. The van der Waals surface area contributed by atoms with Crippen molar-refractivity contribution in [1.29, 1.82) is 0 Å². The molecule has 0 radical (unpaired) electrons. The van der Waals surface area contributed by atoms with Gasteiger partial charge in [-0.15, -0.1) is 0 Å². The molecule has 8 heteroatoms. The van der Waals surface area contributed by atoms with Crippen molar-refractivity contribution in [3.8, 4) is 11.5 Å². The van der Waals surface area contributed by atoms with Crippen LogP contribution < -0.4 is 4.74 Å². The van der Waals surface area contributed by atoms with Crippen LogP contribution in [0.1, 0.15) is 29.8 Å². The number of phenolic OH excluding ortho intramolecular Hbond substituents is 1. The molecule has 1 aromatic rings. The SMILES string of the molecule is CC(C)=C1Oc2c(ccc(O)c2CN2CCN(CC(F)(F)F)CC2)C1=O. The van der Waals surface area contributed by atoms with Gasteiger partial charge in [-0.1, -0.05) is 0 Å². The summed E-state index contributed by atoms with van der Waals surface area (Å²) < 4.78 is 43.2. The Morgan fingerprint density at radius 2 is 1.77 bits per heavy atom. The van der Waals surface area contributed by atoms with E-state index >= 15 is 0 Å². The van der Waals surface area contributed by atoms with Gasteiger partial charge in [0, 0.05) is 32.7 Å². The van der Waals surface area contributed by atoms with Gasteiger partial charge in [0.05, 0.1) is 17.7 Å². The molecular weight excluding hydrogens is 349 g/mol. The van der Waals surface area contributed by atoms with E-state index in [-0.39, 0.29) is 17.3 Å². The van der Waals surface area contributed by atoms with Crippen molar-refractivity contribution in [1.82, 2.24) is 9.80 Å². The van der Waals surface area contributed by atoms with Crippen LogP contribution in [0.15, 0.2) is 23.5 Å². The second-order valence-electron chi connectivity index (χ2n) is 6.87. The van der Waals surface area contributed by atoms with Crippen LogP contribution in [0.3, 0.4) is 0 Å². The number of phenols is 1. The number of nitrogens with zero attached hydrogens (tertiary/aromatic N) is 2. The van der Waals surface area contributed by atoms with Crippen molar-refractivity contribution in [2.45, 2.75) is 26.6 Å².